The van der Waals surface area contributed by atoms with Crippen molar-refractivity contribution in [2.24, 2.45) is 4.99 Å². The molecule has 1 heterocycles. The second-order valence-electron chi connectivity index (χ2n) is 6.05. The lowest BCUT2D eigenvalue weighted by Crippen LogP contribution is -2.29. The van der Waals surface area contributed by atoms with Gasteiger partial charge in [0, 0.05) is 34.8 Å². The van der Waals surface area contributed by atoms with E-state index in [-0.39, 0.29) is 4.90 Å². The van der Waals surface area contributed by atoms with Crippen LogP contribution in [0.5, 0.6) is 0 Å². The molecule has 0 unspecified atom stereocenters. The van der Waals surface area contributed by atoms with Crippen LogP contribution in [-0.4, -0.2) is 26.7 Å². The van der Waals surface area contributed by atoms with E-state index in [0.717, 1.165) is 6.42 Å². The molecule has 0 saturated carbocycles. The minimum absolute atomic E-state index is 0.0459. The van der Waals surface area contributed by atoms with Gasteiger partial charge in [-0.25, -0.2) is 8.42 Å². The number of carbonyl (C=O) groups excluding carboxylic acids is 1. The zero-order valence-electron chi connectivity index (χ0n) is 14.7. The van der Waals surface area contributed by atoms with E-state index in [1.807, 2.05) is 0 Å². The summed E-state index contributed by atoms with van der Waals surface area (Å²) in [4.78, 5) is 16.3. The normalized spacial score (nSPS) is 14.1. The Labute approximate surface area is 173 Å². The summed E-state index contributed by atoms with van der Waals surface area (Å²) in [5.74, 6) is 0.0332. The largest absolute Gasteiger partial charge is 0.322 e. The lowest BCUT2D eigenvalue weighted by atomic mass is 10.2. The van der Waals surface area contributed by atoms with Gasteiger partial charge in [-0.15, -0.1) is 0 Å². The molecule has 0 radical (unpaired) electrons. The van der Waals surface area contributed by atoms with E-state index < -0.39 is 15.9 Å². The minimum Gasteiger partial charge on any atom is -0.322 e. The van der Waals surface area contributed by atoms with E-state index in [4.69, 9.17) is 23.2 Å². The maximum absolute atomic E-state index is 12.5. The number of sulfonamides is 1. The van der Waals surface area contributed by atoms with Crippen molar-refractivity contribution in [2.75, 3.05) is 11.9 Å². The fraction of sp³-hybridized carbons (Fsp3) is 0.158. The second kappa shape index (κ2) is 8.77. The number of amides is 1. The van der Waals surface area contributed by atoms with E-state index in [1.165, 1.54) is 18.2 Å². The van der Waals surface area contributed by atoms with Crippen LogP contribution in [0.1, 0.15) is 18.4 Å². The number of anilines is 1. The summed E-state index contributed by atoms with van der Waals surface area (Å²) in [5.41, 5.74) is 0.993. The second-order valence-corrected chi connectivity index (χ2v) is 8.58. The highest BCUT2D eigenvalue weighted by Crippen LogP contribution is 2.22. The third-order valence-electron chi connectivity index (χ3n) is 3.92. The van der Waals surface area contributed by atoms with Gasteiger partial charge in [-0.1, -0.05) is 35.3 Å². The van der Waals surface area contributed by atoms with Crippen molar-refractivity contribution in [3.8, 4) is 0 Å². The van der Waals surface area contributed by atoms with Crippen molar-refractivity contribution in [3.63, 3.8) is 0 Å². The highest BCUT2D eigenvalue weighted by Gasteiger charge is 2.18. The number of nitrogens with one attached hydrogen (secondary N) is 2. The molecule has 6 nitrogen and oxygen atoms in total. The smallest absolute Gasteiger partial charge is 0.262 e. The molecule has 0 aromatic heterocycles. The summed E-state index contributed by atoms with van der Waals surface area (Å²) in [6, 6.07) is 10.9. The first-order valence-corrected chi connectivity index (χ1v) is 10.7. The molecule has 1 aliphatic rings. The maximum atomic E-state index is 12.5. The average molecular weight is 438 g/mol. The highest BCUT2D eigenvalue weighted by molar-refractivity contribution is 7.90. The van der Waals surface area contributed by atoms with Crippen molar-refractivity contribution in [3.05, 3.63) is 64.1 Å². The SMILES string of the molecule is O=C(/C=C/c1ccc(Cl)cc1Cl)Nc1cccc(S(=O)(=O)NC2=NCCC2)c1. The molecule has 0 aliphatic carbocycles. The van der Waals surface area contributed by atoms with Gasteiger partial charge < -0.3 is 5.32 Å². The minimum atomic E-state index is -3.75. The molecule has 2 N–H and O–H groups in total. The molecule has 1 aliphatic heterocycles. The molecule has 1 amide bonds. The summed E-state index contributed by atoms with van der Waals surface area (Å²) in [7, 11) is -3.75. The Morgan fingerprint density at radius 1 is 1.14 bits per heavy atom. The zero-order valence-corrected chi connectivity index (χ0v) is 17.0. The van der Waals surface area contributed by atoms with Gasteiger partial charge in [0.1, 0.15) is 5.84 Å². The maximum Gasteiger partial charge on any atom is 0.262 e. The van der Waals surface area contributed by atoms with Crippen molar-refractivity contribution in [2.45, 2.75) is 17.7 Å². The quantitative estimate of drug-likeness (QED) is 0.689. The molecule has 3 rings (SSSR count). The van der Waals surface area contributed by atoms with Gasteiger partial charge >= 0.3 is 0 Å². The Bertz CT molecular complexity index is 1070. The Hall–Kier alpha value is -2.35. The monoisotopic (exact) mass is 437 g/mol. The first-order chi connectivity index (χ1) is 13.3. The van der Waals surface area contributed by atoms with E-state index >= 15 is 0 Å². The van der Waals surface area contributed by atoms with Crippen LogP contribution in [0, 0.1) is 0 Å². The van der Waals surface area contributed by atoms with Gasteiger partial charge in [0.15, 0.2) is 0 Å². The first kappa shape index (κ1) is 20.4. The molecule has 0 saturated heterocycles. The van der Waals surface area contributed by atoms with Crippen molar-refractivity contribution >= 4 is 56.7 Å². The van der Waals surface area contributed by atoms with Crippen LogP contribution in [0.15, 0.2) is 58.4 Å². The number of nitrogens with zero attached hydrogens (tertiary/aromatic N) is 1. The van der Waals surface area contributed by atoms with Crippen LogP contribution in [-0.2, 0) is 14.8 Å². The van der Waals surface area contributed by atoms with Gasteiger partial charge in [-0.2, -0.15) is 0 Å². The highest BCUT2D eigenvalue weighted by atomic mass is 35.5. The number of rotatable bonds is 5. The van der Waals surface area contributed by atoms with Crippen LogP contribution in [0.4, 0.5) is 5.69 Å². The summed E-state index contributed by atoms with van der Waals surface area (Å²) in [5, 5.41) is 3.56. The van der Waals surface area contributed by atoms with Crippen LogP contribution < -0.4 is 10.0 Å². The Balaban J connectivity index is 1.70. The van der Waals surface area contributed by atoms with Gasteiger partial charge in [-0.05, 0) is 48.4 Å². The molecule has 2 aromatic carbocycles. The molecule has 0 atom stereocenters. The number of carbonyl (C=O) groups is 1. The summed E-state index contributed by atoms with van der Waals surface area (Å²) in [6.45, 7) is 0.623. The topological polar surface area (TPSA) is 87.6 Å². The Kier molecular flexibility index (Phi) is 6.39. The van der Waals surface area contributed by atoms with Crippen molar-refractivity contribution in [1.29, 1.82) is 0 Å². The fourth-order valence-electron chi connectivity index (χ4n) is 2.56. The Morgan fingerprint density at radius 2 is 1.96 bits per heavy atom. The van der Waals surface area contributed by atoms with Gasteiger partial charge in [0.05, 0.1) is 4.90 Å². The number of hydrogen-bond donors (Lipinski definition) is 2. The lowest BCUT2D eigenvalue weighted by molar-refractivity contribution is -0.111. The van der Waals surface area contributed by atoms with Crippen LogP contribution in [0.25, 0.3) is 6.08 Å². The van der Waals surface area contributed by atoms with Gasteiger partial charge in [0.25, 0.3) is 10.0 Å². The molecule has 146 valence electrons. The summed E-state index contributed by atoms with van der Waals surface area (Å²) >= 11 is 11.9. The predicted molar refractivity (Wildman–Crippen MR) is 112 cm³/mol. The van der Waals surface area contributed by atoms with Crippen LogP contribution in [0.3, 0.4) is 0 Å². The molecular formula is C19H17Cl2N3O3S. The third kappa shape index (κ3) is 5.34. The Morgan fingerprint density at radius 3 is 2.68 bits per heavy atom. The van der Waals surface area contributed by atoms with E-state index in [1.54, 1.807) is 36.4 Å². The van der Waals surface area contributed by atoms with Crippen molar-refractivity contribution in [1.82, 2.24) is 4.72 Å². The molecule has 0 spiro atoms. The van der Waals surface area contributed by atoms with Gasteiger partial charge in [-0.3, -0.25) is 14.5 Å². The summed E-state index contributed by atoms with van der Waals surface area (Å²) in [6.07, 6.45) is 4.29. The zero-order chi connectivity index (χ0) is 20.1. The van der Waals surface area contributed by atoms with Crippen LogP contribution >= 0.6 is 23.2 Å². The molecule has 9 heteroatoms. The first-order valence-electron chi connectivity index (χ1n) is 8.44. The standard InChI is InChI=1S/C19H17Cl2N3O3S/c20-14-8-6-13(17(21)11-14)7-9-19(25)23-15-3-1-4-16(12-15)28(26,27)24-18-5-2-10-22-18/h1,3-4,6-9,11-12H,2,5,10H2,(H,22,24)(H,23,25)/b9-7+. The third-order valence-corrected chi connectivity index (χ3v) is 5.86. The summed E-state index contributed by atoms with van der Waals surface area (Å²) < 4.78 is 27.4. The fourth-order valence-corrected chi connectivity index (χ4v) is 4.17. The number of amidine groups is 1. The van der Waals surface area contributed by atoms with Crippen LogP contribution in [0.2, 0.25) is 10.0 Å². The predicted octanol–water partition coefficient (Wildman–Crippen LogP) is 4.12. The number of hydrogen-bond acceptors (Lipinski definition) is 4. The molecular weight excluding hydrogens is 421 g/mol. The molecule has 2 aromatic rings. The van der Waals surface area contributed by atoms with E-state index in [0.29, 0.717) is 40.1 Å². The molecule has 28 heavy (non-hydrogen) atoms. The van der Waals surface area contributed by atoms with Crippen molar-refractivity contribution < 1.29 is 13.2 Å². The number of benzene rings is 2. The van der Waals surface area contributed by atoms with E-state index in [2.05, 4.69) is 15.0 Å². The van der Waals surface area contributed by atoms with Gasteiger partial charge in [0.2, 0.25) is 5.91 Å². The average Bonchev–Trinajstić information content (AvgIpc) is 3.13. The molecule has 0 fully saturated rings. The van der Waals surface area contributed by atoms with E-state index in [9.17, 15) is 13.2 Å². The number of halogens is 2. The number of aliphatic imine (C=N–C) groups is 1. The lowest BCUT2D eigenvalue weighted by Gasteiger charge is -2.09. The molecule has 0 bridgehead atoms.